The Balaban J connectivity index is 0.708. The summed E-state index contributed by atoms with van der Waals surface area (Å²) in [6, 6.07) is 19.4. The van der Waals surface area contributed by atoms with E-state index in [2.05, 4.69) is 54.1 Å². The van der Waals surface area contributed by atoms with Gasteiger partial charge < -0.3 is 14.9 Å². The number of amides is 3. The largest absolute Gasteiger partial charge is 0.385 e. The number of aryl methyl sites for hydroxylation is 2. The zero-order chi connectivity index (χ0) is 41.9. The first kappa shape index (κ1) is 39.6. The van der Waals surface area contributed by atoms with E-state index in [-0.39, 0.29) is 30.3 Å². The highest BCUT2D eigenvalue weighted by molar-refractivity contribution is 6.30. The number of imide groups is 1. The molecule has 3 aromatic carbocycles. The Kier molecular flexibility index (Phi) is 10.2. The summed E-state index contributed by atoms with van der Waals surface area (Å²) < 4.78 is 4.23. The Labute approximate surface area is 359 Å². The van der Waals surface area contributed by atoms with Crippen LogP contribution in [0.15, 0.2) is 78.0 Å². The van der Waals surface area contributed by atoms with Gasteiger partial charge in [-0.15, -0.1) is 10.2 Å². The molecule has 3 fully saturated rings. The third-order valence-corrected chi connectivity index (χ3v) is 13.7. The highest BCUT2D eigenvalue weighted by Gasteiger charge is 2.51. The second-order valence-electron chi connectivity index (χ2n) is 17.5. The molecule has 314 valence electrons. The molecule has 2 saturated heterocycles. The number of benzene rings is 3. The van der Waals surface area contributed by atoms with E-state index in [1.807, 2.05) is 49.5 Å². The third kappa shape index (κ3) is 7.40. The van der Waals surface area contributed by atoms with E-state index >= 15 is 0 Å². The number of fused-ring (bicyclic) bond motifs is 5. The number of halogens is 1. The molecule has 4 aliphatic heterocycles. The number of likely N-dealkylation sites (tertiary alicyclic amines) is 1. The van der Waals surface area contributed by atoms with Crippen molar-refractivity contribution in [1.82, 2.24) is 39.7 Å². The Morgan fingerprint density at radius 1 is 0.852 bits per heavy atom. The summed E-state index contributed by atoms with van der Waals surface area (Å²) in [5.41, 5.74) is 6.95. The molecule has 13 nitrogen and oxygen atoms in total. The van der Waals surface area contributed by atoms with E-state index in [1.54, 1.807) is 11.0 Å². The molecule has 1 saturated carbocycles. The molecule has 2 N–H and O–H groups in total. The van der Waals surface area contributed by atoms with Gasteiger partial charge in [0.05, 0.1) is 23.2 Å². The van der Waals surface area contributed by atoms with Crippen molar-refractivity contribution in [3.63, 3.8) is 0 Å². The van der Waals surface area contributed by atoms with Crippen LogP contribution in [0.3, 0.4) is 0 Å². The smallest absolute Gasteiger partial charge is 0.255 e. The average molecular weight is 840 g/mol. The molecule has 1 unspecified atom stereocenters. The highest BCUT2D eigenvalue weighted by atomic mass is 35.5. The Hall–Kier alpha value is -5.50. The summed E-state index contributed by atoms with van der Waals surface area (Å²) in [7, 11) is 0. The molecule has 6 heterocycles. The van der Waals surface area contributed by atoms with Crippen LogP contribution in [-0.2, 0) is 33.8 Å². The van der Waals surface area contributed by atoms with Gasteiger partial charge in [0.25, 0.3) is 5.91 Å². The number of aliphatic hydroxyl groups is 1. The van der Waals surface area contributed by atoms with E-state index in [0.717, 1.165) is 128 Å². The lowest BCUT2D eigenvalue weighted by molar-refractivity contribution is -0.136. The topological polar surface area (TPSA) is 151 Å². The molecule has 5 aliphatic rings. The van der Waals surface area contributed by atoms with Gasteiger partial charge in [0.2, 0.25) is 11.8 Å². The van der Waals surface area contributed by atoms with Crippen LogP contribution in [0.1, 0.15) is 115 Å². The maximum atomic E-state index is 13.4. The fourth-order valence-electron chi connectivity index (χ4n) is 9.87. The second-order valence-corrected chi connectivity index (χ2v) is 17.9. The average Bonchev–Trinajstić information content (AvgIpc) is 3.54. The van der Waals surface area contributed by atoms with E-state index in [9.17, 15) is 19.5 Å². The number of carbonyl (C=O) groups excluding carboxylic acids is 3. The first-order chi connectivity index (χ1) is 29.6. The number of hydrogen-bond donors (Lipinski definition) is 2. The Morgan fingerprint density at radius 3 is 2.38 bits per heavy atom. The maximum absolute atomic E-state index is 13.4. The van der Waals surface area contributed by atoms with Crippen molar-refractivity contribution >= 4 is 35.0 Å². The number of carbonyl (C=O) groups is 3. The molecule has 2 aromatic heterocycles. The molecular weight excluding hydrogens is 790 g/mol. The maximum Gasteiger partial charge on any atom is 0.255 e. The van der Waals surface area contributed by atoms with Crippen molar-refractivity contribution in [1.29, 1.82) is 0 Å². The number of unbranched alkanes of at least 4 members (excludes halogenated alkanes) is 4. The van der Waals surface area contributed by atoms with Gasteiger partial charge in [-0.3, -0.25) is 33.9 Å². The van der Waals surface area contributed by atoms with Crippen molar-refractivity contribution in [3.8, 4) is 16.8 Å². The predicted molar refractivity (Wildman–Crippen MR) is 230 cm³/mol. The van der Waals surface area contributed by atoms with Crippen molar-refractivity contribution in [3.05, 3.63) is 118 Å². The van der Waals surface area contributed by atoms with Crippen molar-refractivity contribution in [2.24, 2.45) is 4.99 Å². The number of aliphatic imine (C=N–C) groups is 1. The highest BCUT2D eigenvalue weighted by Crippen LogP contribution is 2.52. The third-order valence-electron chi connectivity index (χ3n) is 13.5. The molecule has 3 amide bonds. The van der Waals surface area contributed by atoms with Gasteiger partial charge in [-0.25, -0.2) is 0 Å². The monoisotopic (exact) mass is 839 g/mol. The number of hydrogen-bond acceptors (Lipinski definition) is 9. The number of piperidine rings is 2. The van der Waals surface area contributed by atoms with Gasteiger partial charge in [0.15, 0.2) is 5.82 Å². The zero-order valence-corrected chi connectivity index (χ0v) is 35.2. The molecule has 1 atom stereocenters. The lowest BCUT2D eigenvalue weighted by Gasteiger charge is -2.39. The van der Waals surface area contributed by atoms with Gasteiger partial charge in [-0.05, 0) is 105 Å². The molecular formula is C47H50ClN9O4. The summed E-state index contributed by atoms with van der Waals surface area (Å²) >= 11 is 6.29. The number of aromatic nitrogens is 5. The van der Waals surface area contributed by atoms with Crippen LogP contribution in [0.25, 0.3) is 16.8 Å². The number of nitrogens with one attached hydrogen (secondary N) is 1. The van der Waals surface area contributed by atoms with Crippen LogP contribution >= 0.6 is 11.6 Å². The molecule has 10 rings (SSSR count). The van der Waals surface area contributed by atoms with Gasteiger partial charge in [-0.2, -0.15) is 5.10 Å². The van der Waals surface area contributed by atoms with Gasteiger partial charge in [0.1, 0.15) is 17.4 Å². The summed E-state index contributed by atoms with van der Waals surface area (Å²) in [6.07, 6.45) is 13.3. The minimum atomic E-state index is -1.02. The van der Waals surface area contributed by atoms with Crippen LogP contribution in [0, 0.1) is 6.92 Å². The minimum absolute atomic E-state index is 0.211. The van der Waals surface area contributed by atoms with Crippen LogP contribution < -0.4 is 5.32 Å². The van der Waals surface area contributed by atoms with Gasteiger partial charge >= 0.3 is 0 Å². The SMILES string of the molecule is Cc1nnc2n1-c1ccc(-c3cnn(CCCCCCCN4CCC(O)(c5cccc6c5CN(C5CCC(=O)NC5=O)C6=O)CC4)c3)cc1C(c1ccc(Cl)cc1)=NC21CC1. The van der Waals surface area contributed by atoms with Crippen LogP contribution in [0.2, 0.25) is 5.02 Å². The van der Waals surface area contributed by atoms with Gasteiger partial charge in [-0.1, -0.05) is 61.2 Å². The fourth-order valence-corrected chi connectivity index (χ4v) is 10.00. The predicted octanol–water partition coefficient (Wildman–Crippen LogP) is 6.63. The molecule has 5 aromatic rings. The molecule has 61 heavy (non-hydrogen) atoms. The lowest BCUT2D eigenvalue weighted by Crippen LogP contribution is -2.52. The molecule has 0 radical (unpaired) electrons. The second kappa shape index (κ2) is 15.8. The minimum Gasteiger partial charge on any atom is -0.385 e. The van der Waals surface area contributed by atoms with E-state index in [1.165, 1.54) is 0 Å². The van der Waals surface area contributed by atoms with Crippen molar-refractivity contribution < 1.29 is 19.5 Å². The van der Waals surface area contributed by atoms with E-state index in [4.69, 9.17) is 21.7 Å². The van der Waals surface area contributed by atoms with E-state index < -0.39 is 17.6 Å². The molecule has 1 spiro atoms. The first-order valence-electron chi connectivity index (χ1n) is 21.8. The quantitative estimate of drug-likeness (QED) is 0.105. The Bertz CT molecular complexity index is 2570. The summed E-state index contributed by atoms with van der Waals surface area (Å²) in [5.74, 6) is 0.821. The normalized spacial score (nSPS) is 20.2. The van der Waals surface area contributed by atoms with Crippen LogP contribution in [0.5, 0.6) is 0 Å². The summed E-state index contributed by atoms with van der Waals surface area (Å²) in [6.45, 7) is 5.70. The number of nitrogens with zero attached hydrogens (tertiary/aromatic N) is 8. The van der Waals surface area contributed by atoms with Crippen molar-refractivity contribution in [2.45, 2.75) is 108 Å². The fraction of sp³-hybridized carbons (Fsp3) is 0.426. The molecule has 1 aliphatic carbocycles. The van der Waals surface area contributed by atoms with Crippen LogP contribution in [0.4, 0.5) is 0 Å². The molecule has 14 heteroatoms. The Morgan fingerprint density at radius 2 is 1.61 bits per heavy atom. The van der Waals surface area contributed by atoms with E-state index in [0.29, 0.717) is 29.8 Å². The van der Waals surface area contributed by atoms with Crippen LogP contribution in [-0.4, -0.2) is 88.6 Å². The number of rotatable bonds is 12. The summed E-state index contributed by atoms with van der Waals surface area (Å²) in [4.78, 5) is 47.0. The van der Waals surface area contributed by atoms with Crippen molar-refractivity contribution in [2.75, 3.05) is 19.6 Å². The molecule has 0 bridgehead atoms. The standard InChI is InChI=1S/C47H50ClN9O4/c1-30-52-53-45-46(18-19-46)51-42(31-10-13-34(48)14-11-31)36-26-32(12-15-39(36)57(30)45)33-27-49-55(28-33)23-6-4-2-3-5-22-54-24-20-47(61,21-25-54)38-9-7-8-35-37(38)29-56(44(35)60)40-16-17-41(58)50-43(40)59/h7-15,26-28,40,61H,2-6,16-25,29H2,1H3,(H,50,58,59). The zero-order valence-electron chi connectivity index (χ0n) is 34.4. The lowest BCUT2D eigenvalue weighted by atomic mass is 9.81. The summed E-state index contributed by atoms with van der Waals surface area (Å²) in [5, 5.41) is 28.8. The first-order valence-corrected chi connectivity index (χ1v) is 22.1. The van der Waals surface area contributed by atoms with Gasteiger partial charge in [0, 0.05) is 66.1 Å².